The third-order valence-electron chi connectivity index (χ3n) is 7.00. The number of aryl methyl sites for hydroxylation is 3. The van der Waals surface area contributed by atoms with Crippen LogP contribution in [0.5, 0.6) is 0 Å². The van der Waals surface area contributed by atoms with Gasteiger partial charge in [0.1, 0.15) is 0 Å². The average molecular weight is 415 g/mol. The van der Waals surface area contributed by atoms with E-state index in [1.54, 1.807) is 0 Å². The van der Waals surface area contributed by atoms with Crippen LogP contribution >= 0.6 is 0 Å². The summed E-state index contributed by atoms with van der Waals surface area (Å²) in [5.74, 6) is 0.226. The number of fused-ring (bicyclic) bond motifs is 1. The van der Waals surface area contributed by atoms with Crippen LogP contribution in [-0.4, -0.2) is 0 Å². The largest absolute Gasteiger partial charge is 0.0636 e. The molecule has 1 aliphatic carbocycles. The summed E-state index contributed by atoms with van der Waals surface area (Å²) < 4.78 is 0. The molecular formula is C32H30. The zero-order valence-electron chi connectivity index (χ0n) is 19.4. The summed E-state index contributed by atoms with van der Waals surface area (Å²) in [5, 5.41) is 0. The third-order valence-corrected chi connectivity index (χ3v) is 7.00. The molecule has 0 saturated heterocycles. The van der Waals surface area contributed by atoms with Gasteiger partial charge in [-0.15, -0.1) is 0 Å². The SMILES string of the molecule is CC1=Cc2ccccc2C1C(c1cccc(C)c1)(c1cccc(C)c1)c1cccc(C)c1. The normalized spacial score (nSPS) is 15.4. The monoisotopic (exact) mass is 414 g/mol. The standard InChI is InChI=1S/C32H30/c1-22-10-7-14-27(18-22)32(28-15-8-11-23(2)19-28,29-16-9-12-24(3)20-29)31-25(4)21-26-13-5-6-17-30(26)31/h5-21,31H,1-4H3. The van der Waals surface area contributed by atoms with E-state index in [4.69, 9.17) is 0 Å². The molecule has 0 aliphatic heterocycles. The van der Waals surface area contributed by atoms with Crippen molar-refractivity contribution in [3.8, 4) is 0 Å². The molecule has 0 N–H and O–H groups in total. The maximum atomic E-state index is 2.39. The van der Waals surface area contributed by atoms with E-state index < -0.39 is 0 Å². The molecular weight excluding hydrogens is 384 g/mol. The predicted molar refractivity (Wildman–Crippen MR) is 136 cm³/mol. The van der Waals surface area contributed by atoms with Crippen molar-refractivity contribution in [3.05, 3.63) is 147 Å². The van der Waals surface area contributed by atoms with Gasteiger partial charge in [-0.05, 0) is 55.5 Å². The van der Waals surface area contributed by atoms with E-state index in [0.29, 0.717) is 0 Å². The zero-order valence-corrected chi connectivity index (χ0v) is 19.4. The van der Waals surface area contributed by atoms with Gasteiger partial charge >= 0.3 is 0 Å². The van der Waals surface area contributed by atoms with Crippen molar-refractivity contribution in [2.75, 3.05) is 0 Å². The van der Waals surface area contributed by atoms with Crippen LogP contribution in [0.15, 0.2) is 103 Å². The second-order valence-electron chi connectivity index (χ2n) is 9.37. The van der Waals surface area contributed by atoms with Crippen LogP contribution in [-0.2, 0) is 5.41 Å². The van der Waals surface area contributed by atoms with Crippen molar-refractivity contribution in [2.45, 2.75) is 39.0 Å². The van der Waals surface area contributed by atoms with Crippen LogP contribution < -0.4 is 0 Å². The number of allylic oxidation sites excluding steroid dienone is 1. The lowest BCUT2D eigenvalue weighted by Gasteiger charge is -2.43. The summed E-state index contributed by atoms with van der Waals surface area (Å²) in [7, 11) is 0. The summed E-state index contributed by atoms with van der Waals surface area (Å²) in [5.41, 5.74) is 11.8. The molecule has 0 aromatic heterocycles. The van der Waals surface area contributed by atoms with Crippen LogP contribution in [0.4, 0.5) is 0 Å². The van der Waals surface area contributed by atoms with Gasteiger partial charge in [-0.1, -0.05) is 125 Å². The molecule has 4 aromatic rings. The Labute approximate surface area is 192 Å². The first-order valence-electron chi connectivity index (χ1n) is 11.5. The second kappa shape index (κ2) is 7.95. The molecule has 1 atom stereocenters. The van der Waals surface area contributed by atoms with Crippen LogP contribution in [0, 0.1) is 20.8 Å². The van der Waals surface area contributed by atoms with Crippen molar-refractivity contribution in [1.29, 1.82) is 0 Å². The first kappa shape index (κ1) is 20.5. The minimum atomic E-state index is -0.322. The molecule has 0 fully saturated rings. The van der Waals surface area contributed by atoms with Crippen molar-refractivity contribution >= 4 is 6.08 Å². The van der Waals surface area contributed by atoms with Gasteiger partial charge < -0.3 is 0 Å². The van der Waals surface area contributed by atoms with Crippen LogP contribution in [0.2, 0.25) is 0 Å². The molecule has 0 amide bonds. The van der Waals surface area contributed by atoms with Crippen molar-refractivity contribution in [1.82, 2.24) is 0 Å². The quantitative estimate of drug-likeness (QED) is 0.296. The topological polar surface area (TPSA) is 0 Å². The fourth-order valence-electron chi connectivity index (χ4n) is 5.72. The highest BCUT2D eigenvalue weighted by Crippen LogP contribution is 2.56. The van der Waals surface area contributed by atoms with Crippen molar-refractivity contribution < 1.29 is 0 Å². The van der Waals surface area contributed by atoms with E-state index in [1.807, 2.05) is 0 Å². The number of hydrogen-bond donors (Lipinski definition) is 0. The Kier molecular flexibility index (Phi) is 5.10. The summed E-state index contributed by atoms with van der Waals surface area (Å²) in [6.45, 7) is 8.91. The molecule has 0 saturated carbocycles. The molecule has 1 aliphatic rings. The number of benzene rings is 4. The van der Waals surface area contributed by atoms with Gasteiger partial charge in [0.2, 0.25) is 0 Å². The molecule has 0 heteroatoms. The van der Waals surface area contributed by atoms with Gasteiger partial charge in [0, 0.05) is 5.92 Å². The van der Waals surface area contributed by atoms with Crippen LogP contribution in [0.25, 0.3) is 6.08 Å². The van der Waals surface area contributed by atoms with E-state index in [1.165, 1.54) is 50.1 Å². The second-order valence-corrected chi connectivity index (χ2v) is 9.37. The van der Waals surface area contributed by atoms with Gasteiger partial charge in [0.15, 0.2) is 0 Å². The van der Waals surface area contributed by atoms with E-state index in [0.717, 1.165) is 0 Å². The van der Waals surface area contributed by atoms with Gasteiger partial charge in [-0.3, -0.25) is 0 Å². The molecule has 4 aromatic carbocycles. The molecule has 0 bridgehead atoms. The van der Waals surface area contributed by atoms with E-state index in [9.17, 15) is 0 Å². The Morgan fingerprint density at radius 2 is 1.00 bits per heavy atom. The predicted octanol–water partition coefficient (Wildman–Crippen LogP) is 8.15. The highest BCUT2D eigenvalue weighted by atomic mass is 14.5. The molecule has 0 radical (unpaired) electrons. The third kappa shape index (κ3) is 3.22. The Bertz CT molecular complexity index is 1210. The van der Waals surface area contributed by atoms with Gasteiger partial charge in [0.05, 0.1) is 5.41 Å². The highest BCUT2D eigenvalue weighted by Gasteiger charge is 2.47. The summed E-state index contributed by atoms with van der Waals surface area (Å²) in [4.78, 5) is 0. The Morgan fingerprint density at radius 3 is 1.47 bits per heavy atom. The highest BCUT2D eigenvalue weighted by molar-refractivity contribution is 5.71. The molecule has 5 rings (SSSR count). The Hall–Kier alpha value is -3.38. The smallest absolute Gasteiger partial charge is 0.0557 e. The number of rotatable bonds is 4. The first-order valence-corrected chi connectivity index (χ1v) is 11.5. The fourth-order valence-corrected chi connectivity index (χ4v) is 5.72. The van der Waals surface area contributed by atoms with Gasteiger partial charge in [-0.2, -0.15) is 0 Å². The van der Waals surface area contributed by atoms with E-state index in [2.05, 4.69) is 131 Å². The van der Waals surface area contributed by atoms with Crippen LogP contribution in [0.1, 0.15) is 57.3 Å². The van der Waals surface area contributed by atoms with Crippen LogP contribution in [0.3, 0.4) is 0 Å². The maximum Gasteiger partial charge on any atom is 0.0557 e. The molecule has 32 heavy (non-hydrogen) atoms. The summed E-state index contributed by atoms with van der Waals surface area (Å²) in [6.07, 6.45) is 2.39. The van der Waals surface area contributed by atoms with Gasteiger partial charge in [-0.25, -0.2) is 0 Å². The minimum Gasteiger partial charge on any atom is -0.0636 e. The molecule has 1 unspecified atom stereocenters. The average Bonchev–Trinajstić information content (AvgIpc) is 3.11. The Balaban J connectivity index is 1.95. The van der Waals surface area contributed by atoms with E-state index in [-0.39, 0.29) is 11.3 Å². The minimum absolute atomic E-state index is 0.226. The molecule has 158 valence electrons. The fraction of sp³-hybridized carbons (Fsp3) is 0.188. The zero-order chi connectivity index (χ0) is 22.3. The molecule has 0 spiro atoms. The molecule has 0 nitrogen and oxygen atoms in total. The summed E-state index contributed by atoms with van der Waals surface area (Å²) >= 11 is 0. The van der Waals surface area contributed by atoms with Crippen molar-refractivity contribution in [2.24, 2.45) is 0 Å². The maximum absolute atomic E-state index is 2.39. The summed E-state index contributed by atoms with van der Waals surface area (Å²) in [6, 6.07) is 36.3. The lowest BCUT2D eigenvalue weighted by atomic mass is 9.58. The molecule has 0 heterocycles. The first-order chi connectivity index (χ1) is 15.5. The van der Waals surface area contributed by atoms with E-state index >= 15 is 0 Å². The van der Waals surface area contributed by atoms with Crippen molar-refractivity contribution in [3.63, 3.8) is 0 Å². The van der Waals surface area contributed by atoms with Gasteiger partial charge in [0.25, 0.3) is 0 Å². The number of hydrogen-bond acceptors (Lipinski definition) is 0. The lowest BCUT2D eigenvalue weighted by molar-refractivity contribution is 0.536. The lowest BCUT2D eigenvalue weighted by Crippen LogP contribution is -2.37. The Morgan fingerprint density at radius 1 is 0.531 bits per heavy atom.